The van der Waals surface area contributed by atoms with Crippen LogP contribution in [0.15, 0.2) is 59.6 Å². The molecule has 7 nitrogen and oxygen atoms in total. The van der Waals surface area contributed by atoms with Crippen LogP contribution in [0.25, 0.3) is 10.8 Å². The van der Waals surface area contributed by atoms with Crippen LogP contribution in [0.3, 0.4) is 0 Å². The zero-order valence-corrected chi connectivity index (χ0v) is 20.5. The average molecular weight is 487 g/mol. The van der Waals surface area contributed by atoms with E-state index in [1.807, 2.05) is 18.3 Å². The Balaban J connectivity index is 1.38. The maximum Gasteiger partial charge on any atom is 0.302 e. The van der Waals surface area contributed by atoms with Gasteiger partial charge in [0, 0.05) is 49.4 Å². The second kappa shape index (κ2) is 8.29. The van der Waals surface area contributed by atoms with Crippen LogP contribution >= 0.6 is 0 Å². The summed E-state index contributed by atoms with van der Waals surface area (Å²) in [5, 5.41) is 2.18. The van der Waals surface area contributed by atoms with Crippen molar-refractivity contribution in [3.63, 3.8) is 0 Å². The minimum atomic E-state index is -0.529. The van der Waals surface area contributed by atoms with Crippen LogP contribution in [-0.4, -0.2) is 34.9 Å². The van der Waals surface area contributed by atoms with Gasteiger partial charge in [-0.1, -0.05) is 25.1 Å². The van der Waals surface area contributed by atoms with Crippen molar-refractivity contribution in [3.8, 4) is 0 Å². The van der Waals surface area contributed by atoms with Gasteiger partial charge in [-0.2, -0.15) is 0 Å². The molecule has 0 spiro atoms. The number of rotatable bonds is 3. The van der Waals surface area contributed by atoms with Crippen molar-refractivity contribution in [2.75, 3.05) is 0 Å². The van der Waals surface area contributed by atoms with Crippen molar-refractivity contribution in [2.24, 2.45) is 23.0 Å². The zero-order chi connectivity index (χ0) is 25.2. The van der Waals surface area contributed by atoms with Crippen molar-refractivity contribution in [1.29, 1.82) is 0 Å². The van der Waals surface area contributed by atoms with E-state index in [4.69, 9.17) is 15.2 Å². The number of esters is 1. The van der Waals surface area contributed by atoms with Gasteiger partial charge in [0.25, 0.3) is 0 Å². The number of hydrogen-bond donors (Lipinski definition) is 1. The number of Topliss-reactive ketones (excluding diaryl/α,β-unsaturated/α-hetero) is 1. The fourth-order valence-electron chi connectivity index (χ4n) is 7.18. The van der Waals surface area contributed by atoms with E-state index in [0.29, 0.717) is 24.2 Å². The number of nitrogens with zero attached hydrogens (tertiary/aromatic N) is 1. The quantitative estimate of drug-likeness (QED) is 0.654. The van der Waals surface area contributed by atoms with E-state index in [-0.39, 0.29) is 47.6 Å². The molecule has 2 N–H and O–H groups in total. The summed E-state index contributed by atoms with van der Waals surface area (Å²) < 4.78 is 12.5. The van der Waals surface area contributed by atoms with Crippen LogP contribution in [0.5, 0.6) is 0 Å². The summed E-state index contributed by atoms with van der Waals surface area (Å²) in [5.74, 6) is -0.674. The highest BCUT2D eigenvalue weighted by Gasteiger charge is 2.60. The Hall–Kier alpha value is -3.48. The molecule has 2 heterocycles. The molecule has 2 fully saturated rings. The largest absolute Gasteiger partial charge is 0.489 e. The average Bonchev–Trinajstić information content (AvgIpc) is 3.14. The molecule has 0 radical (unpaired) electrons. The fraction of sp³-hybridized carbons (Fsp3) is 0.448. The first-order valence-electron chi connectivity index (χ1n) is 12.7. The van der Waals surface area contributed by atoms with Crippen LogP contribution < -0.4 is 5.73 Å². The molecule has 3 aliphatic carbocycles. The van der Waals surface area contributed by atoms with E-state index < -0.39 is 11.8 Å². The smallest absolute Gasteiger partial charge is 0.302 e. The number of benzene rings is 1. The van der Waals surface area contributed by atoms with E-state index in [1.165, 1.54) is 6.92 Å². The Morgan fingerprint density at radius 1 is 1.19 bits per heavy atom. The van der Waals surface area contributed by atoms with E-state index in [1.54, 1.807) is 6.20 Å². The predicted molar refractivity (Wildman–Crippen MR) is 132 cm³/mol. The third kappa shape index (κ3) is 3.55. The Bertz CT molecular complexity index is 1360. The van der Waals surface area contributed by atoms with Gasteiger partial charge >= 0.3 is 5.97 Å². The Morgan fingerprint density at radius 3 is 2.81 bits per heavy atom. The normalized spacial score (nSPS) is 33.2. The number of nitrogens with two attached hydrogens (primary N) is 1. The molecule has 6 rings (SSSR count). The van der Waals surface area contributed by atoms with Gasteiger partial charge in [0.05, 0.1) is 11.5 Å². The molecule has 4 aliphatic rings. The molecular formula is C29H30N2O5. The SMILES string of the molecule is CC(=O)O[C@@H]1C[C@H]2[C@@H]3OC4=C(C=C3CC[C@]2(C)[C@H]1c1ccc2cnccc2c1)C(=O)CC(C(N)=O)C4. The van der Waals surface area contributed by atoms with E-state index >= 15 is 0 Å². The van der Waals surface area contributed by atoms with Crippen molar-refractivity contribution in [1.82, 2.24) is 4.98 Å². The molecule has 1 unspecified atom stereocenters. The summed E-state index contributed by atoms with van der Waals surface area (Å²) in [6.07, 6.45) is 8.03. The number of amides is 1. The first-order valence-corrected chi connectivity index (χ1v) is 12.7. The topological polar surface area (TPSA) is 109 Å². The summed E-state index contributed by atoms with van der Waals surface area (Å²) in [4.78, 5) is 41.0. The molecule has 1 aromatic heterocycles. The van der Waals surface area contributed by atoms with Gasteiger partial charge in [-0.3, -0.25) is 19.4 Å². The summed E-state index contributed by atoms with van der Waals surface area (Å²) in [6, 6.07) is 8.41. The van der Waals surface area contributed by atoms with Gasteiger partial charge in [0.15, 0.2) is 5.78 Å². The lowest BCUT2D eigenvalue weighted by atomic mass is 9.61. The number of fused-ring (bicyclic) bond motifs is 4. The van der Waals surface area contributed by atoms with Gasteiger partial charge in [0.1, 0.15) is 18.0 Å². The van der Waals surface area contributed by atoms with Crippen LogP contribution in [0.4, 0.5) is 0 Å². The van der Waals surface area contributed by atoms with Crippen LogP contribution in [0.1, 0.15) is 57.4 Å². The number of ketones is 1. The van der Waals surface area contributed by atoms with Gasteiger partial charge in [-0.05, 0) is 53.3 Å². The Morgan fingerprint density at radius 2 is 2.03 bits per heavy atom. The molecule has 0 bridgehead atoms. The molecule has 1 aliphatic heterocycles. The second-order valence-electron chi connectivity index (χ2n) is 11.0. The Labute approximate surface area is 209 Å². The summed E-state index contributed by atoms with van der Waals surface area (Å²) in [5.41, 5.74) is 8.22. The molecule has 36 heavy (non-hydrogen) atoms. The third-order valence-electron chi connectivity index (χ3n) is 8.91. The van der Waals surface area contributed by atoms with Crippen molar-refractivity contribution < 1.29 is 23.9 Å². The van der Waals surface area contributed by atoms with E-state index in [9.17, 15) is 14.4 Å². The number of carbonyl (C=O) groups excluding carboxylic acids is 3. The molecule has 186 valence electrons. The highest BCUT2D eigenvalue weighted by Crippen LogP contribution is 2.62. The third-order valence-corrected chi connectivity index (χ3v) is 8.91. The van der Waals surface area contributed by atoms with Gasteiger partial charge in [-0.25, -0.2) is 0 Å². The van der Waals surface area contributed by atoms with Crippen LogP contribution in [0.2, 0.25) is 0 Å². The summed E-state index contributed by atoms with van der Waals surface area (Å²) >= 11 is 0. The van der Waals surface area contributed by atoms with Gasteiger partial charge < -0.3 is 15.2 Å². The first-order chi connectivity index (χ1) is 17.2. The highest BCUT2D eigenvalue weighted by atomic mass is 16.5. The van der Waals surface area contributed by atoms with Gasteiger partial charge in [-0.15, -0.1) is 0 Å². The molecule has 6 atom stereocenters. The minimum absolute atomic E-state index is 0.0100. The minimum Gasteiger partial charge on any atom is -0.489 e. The maximum absolute atomic E-state index is 12.8. The zero-order valence-electron chi connectivity index (χ0n) is 20.5. The number of allylic oxidation sites excluding steroid dienone is 3. The lowest BCUT2D eigenvalue weighted by Crippen LogP contribution is -2.44. The van der Waals surface area contributed by atoms with Crippen LogP contribution in [-0.2, 0) is 23.9 Å². The van der Waals surface area contributed by atoms with Crippen LogP contribution in [0, 0.1) is 17.3 Å². The number of carbonyl (C=O) groups is 3. The maximum atomic E-state index is 12.8. The molecule has 2 aromatic rings. The van der Waals surface area contributed by atoms with E-state index in [0.717, 1.165) is 34.8 Å². The highest BCUT2D eigenvalue weighted by molar-refractivity contribution is 6.02. The lowest BCUT2D eigenvalue weighted by Gasteiger charge is -2.48. The number of ether oxygens (including phenoxy) is 2. The van der Waals surface area contributed by atoms with Crippen molar-refractivity contribution >= 4 is 28.4 Å². The first kappa shape index (κ1) is 23.0. The number of hydrogen-bond acceptors (Lipinski definition) is 6. The number of aromatic nitrogens is 1. The predicted octanol–water partition coefficient (Wildman–Crippen LogP) is 4.11. The monoisotopic (exact) mass is 486 g/mol. The number of primary amides is 1. The fourth-order valence-corrected chi connectivity index (χ4v) is 7.18. The van der Waals surface area contributed by atoms with Gasteiger partial charge in [0.2, 0.25) is 5.91 Å². The number of pyridine rings is 1. The van der Waals surface area contributed by atoms with Crippen molar-refractivity contribution in [2.45, 2.75) is 64.1 Å². The lowest BCUT2D eigenvalue weighted by molar-refractivity contribution is -0.147. The Kier molecular flexibility index (Phi) is 5.28. The van der Waals surface area contributed by atoms with Crippen molar-refractivity contribution in [3.05, 3.63) is 65.2 Å². The molecule has 7 heteroatoms. The molecule has 1 aromatic carbocycles. The second-order valence-corrected chi connectivity index (χ2v) is 11.0. The standard InChI is InChI=1S/C29H30N2O5/c1-15(32)35-25-13-22-27-18(10-21-23(33)11-20(28(30)34)12-24(21)36-27)5-7-29(22,2)26(25)17-3-4-19-14-31-8-6-16(19)9-17/h3-4,6,8-10,14,20,22,25-27H,5,7,11-13H2,1-2H3,(H2,30,34)/t20?,22-,25+,26-,27+,29-/m0/s1. The molecule has 0 saturated heterocycles. The summed E-state index contributed by atoms with van der Waals surface area (Å²) in [7, 11) is 0. The summed E-state index contributed by atoms with van der Waals surface area (Å²) in [6.45, 7) is 3.75. The molecule has 1 amide bonds. The van der Waals surface area contributed by atoms with E-state index in [2.05, 4.69) is 30.1 Å². The molecular weight excluding hydrogens is 456 g/mol. The molecule has 2 saturated carbocycles.